The van der Waals surface area contributed by atoms with Gasteiger partial charge in [0.1, 0.15) is 22.1 Å². The van der Waals surface area contributed by atoms with E-state index in [1.165, 1.54) is 17.3 Å². The van der Waals surface area contributed by atoms with Gasteiger partial charge in [0, 0.05) is 17.1 Å². The number of thioether (sulfide) groups is 1. The molecule has 0 amide bonds. The number of ether oxygens (including phenoxy) is 2. The Hall–Kier alpha value is -3.71. The van der Waals surface area contributed by atoms with Gasteiger partial charge in [0.15, 0.2) is 0 Å². The molecule has 0 unspecified atom stereocenters. The van der Waals surface area contributed by atoms with E-state index < -0.39 is 5.97 Å². The minimum Gasteiger partial charge on any atom is -0.506 e. The number of hydrogen-bond donors (Lipinski definition) is 1. The number of esters is 1. The third-order valence-electron chi connectivity index (χ3n) is 5.79. The molecule has 0 bridgehead atoms. The van der Waals surface area contributed by atoms with Gasteiger partial charge in [-0.25, -0.2) is 9.79 Å². The van der Waals surface area contributed by atoms with Crippen LogP contribution in [0.3, 0.4) is 0 Å². The molecule has 2 aromatic carbocycles. The molecule has 7 heteroatoms. The number of aryl methyl sites for hydroxylation is 2. The number of nitrogens with zero attached hydrogens (tertiary/aromatic N) is 2. The highest BCUT2D eigenvalue weighted by molar-refractivity contribution is 8.18. The lowest BCUT2D eigenvalue weighted by Gasteiger charge is -2.12. The lowest BCUT2D eigenvalue weighted by Crippen LogP contribution is -2.12. The zero-order chi connectivity index (χ0) is 25.1. The Labute approximate surface area is 209 Å². The molecule has 0 spiro atoms. The topological polar surface area (TPSA) is 73.0 Å². The molecular weight excluding hydrogens is 460 g/mol. The molecule has 6 nitrogen and oxygen atoms in total. The zero-order valence-corrected chi connectivity index (χ0v) is 21.3. The molecule has 0 fully saturated rings. The highest BCUT2D eigenvalue weighted by Gasteiger charge is 2.33. The summed E-state index contributed by atoms with van der Waals surface area (Å²) in [4.78, 5) is 17.9. The van der Waals surface area contributed by atoms with Crippen molar-refractivity contribution in [3.63, 3.8) is 0 Å². The van der Waals surface area contributed by atoms with Crippen molar-refractivity contribution in [3.05, 3.63) is 93.3 Å². The lowest BCUT2D eigenvalue weighted by atomic mass is 10.1. The van der Waals surface area contributed by atoms with Crippen molar-refractivity contribution in [1.29, 1.82) is 0 Å². The molecule has 180 valence electrons. The normalized spacial score (nSPS) is 15.8. The molecule has 2 heterocycles. The van der Waals surface area contributed by atoms with E-state index >= 15 is 0 Å². The van der Waals surface area contributed by atoms with Crippen LogP contribution in [0, 0.1) is 20.8 Å². The van der Waals surface area contributed by atoms with Crippen molar-refractivity contribution in [3.8, 4) is 11.4 Å². The van der Waals surface area contributed by atoms with Crippen molar-refractivity contribution >= 4 is 34.5 Å². The molecule has 4 rings (SSSR count). The summed E-state index contributed by atoms with van der Waals surface area (Å²) >= 11 is 1.25. The average Bonchev–Trinajstić information content (AvgIpc) is 3.29. The predicted molar refractivity (Wildman–Crippen MR) is 142 cm³/mol. The van der Waals surface area contributed by atoms with E-state index in [1.54, 1.807) is 38.3 Å². The molecule has 1 N–H and O–H groups in total. The maximum atomic E-state index is 12.7. The van der Waals surface area contributed by atoms with E-state index in [1.807, 2.05) is 25.1 Å². The molecule has 0 saturated carbocycles. The molecule has 0 aliphatic carbocycles. The lowest BCUT2D eigenvalue weighted by molar-refractivity contribution is -0.138. The van der Waals surface area contributed by atoms with Crippen molar-refractivity contribution < 1.29 is 19.4 Å². The van der Waals surface area contributed by atoms with Gasteiger partial charge >= 0.3 is 5.97 Å². The summed E-state index contributed by atoms with van der Waals surface area (Å²) in [6.07, 6.45) is 1.90. The van der Waals surface area contributed by atoms with Gasteiger partial charge < -0.3 is 19.1 Å². The summed E-state index contributed by atoms with van der Waals surface area (Å²) in [6.45, 7) is 8.12. The Balaban J connectivity index is 1.77. The number of para-hydroxylation sites is 1. The Bertz CT molecular complexity index is 1360. The van der Waals surface area contributed by atoms with Gasteiger partial charge in [-0.2, -0.15) is 0 Å². The van der Waals surface area contributed by atoms with Crippen LogP contribution in [0.15, 0.2) is 75.8 Å². The van der Waals surface area contributed by atoms with Gasteiger partial charge in [-0.05, 0) is 81.3 Å². The molecule has 35 heavy (non-hydrogen) atoms. The van der Waals surface area contributed by atoms with Crippen LogP contribution >= 0.6 is 11.8 Å². The molecule has 0 radical (unpaired) electrons. The van der Waals surface area contributed by atoms with E-state index in [9.17, 15) is 9.90 Å². The summed E-state index contributed by atoms with van der Waals surface area (Å²) in [5.41, 5.74) is 6.07. The second kappa shape index (κ2) is 10.3. The first-order valence-corrected chi connectivity index (χ1v) is 12.1. The summed E-state index contributed by atoms with van der Waals surface area (Å²) in [6, 6.07) is 17.5. The van der Waals surface area contributed by atoms with Crippen LogP contribution < -0.4 is 4.74 Å². The highest BCUT2D eigenvalue weighted by atomic mass is 32.2. The number of aliphatic hydroxyl groups is 1. The van der Waals surface area contributed by atoms with Crippen molar-refractivity contribution in [2.75, 3.05) is 13.7 Å². The molecule has 1 aliphatic rings. The second-order valence-corrected chi connectivity index (χ2v) is 9.15. The average molecular weight is 489 g/mol. The number of aliphatic hydroxyl groups excluding tert-OH is 1. The van der Waals surface area contributed by atoms with Gasteiger partial charge in [-0.3, -0.25) is 0 Å². The fourth-order valence-corrected chi connectivity index (χ4v) is 5.05. The summed E-state index contributed by atoms with van der Waals surface area (Å²) < 4.78 is 12.6. The fourth-order valence-electron chi connectivity index (χ4n) is 4.03. The Kier molecular flexibility index (Phi) is 7.17. The smallest absolute Gasteiger partial charge is 0.344 e. The van der Waals surface area contributed by atoms with Crippen LogP contribution in [-0.2, 0) is 9.53 Å². The van der Waals surface area contributed by atoms with Crippen molar-refractivity contribution in [1.82, 2.24) is 4.57 Å². The highest BCUT2D eigenvalue weighted by Crippen LogP contribution is 2.41. The van der Waals surface area contributed by atoms with Crippen LogP contribution in [0.2, 0.25) is 0 Å². The Morgan fingerprint density at radius 3 is 2.49 bits per heavy atom. The second-order valence-electron chi connectivity index (χ2n) is 8.12. The largest absolute Gasteiger partial charge is 0.506 e. The number of methoxy groups -OCH3 is 1. The van der Waals surface area contributed by atoms with E-state index in [0.717, 1.165) is 22.6 Å². The third kappa shape index (κ3) is 4.91. The van der Waals surface area contributed by atoms with Gasteiger partial charge in [-0.15, -0.1) is 0 Å². The van der Waals surface area contributed by atoms with E-state index in [0.29, 0.717) is 21.4 Å². The summed E-state index contributed by atoms with van der Waals surface area (Å²) in [7, 11) is 1.60. The summed E-state index contributed by atoms with van der Waals surface area (Å²) in [5.74, 6) is -0.0124. The minimum atomic E-state index is -0.599. The summed E-state index contributed by atoms with van der Waals surface area (Å²) in [5, 5.41) is 11.4. The number of aliphatic imine (C=N–C) groups is 1. The first-order chi connectivity index (χ1) is 16.8. The van der Waals surface area contributed by atoms with E-state index in [-0.39, 0.29) is 17.9 Å². The monoisotopic (exact) mass is 488 g/mol. The van der Waals surface area contributed by atoms with E-state index in [4.69, 9.17) is 9.47 Å². The number of benzene rings is 2. The van der Waals surface area contributed by atoms with Gasteiger partial charge in [0.25, 0.3) is 0 Å². The molecule has 1 aliphatic heterocycles. The first kappa shape index (κ1) is 24.4. The minimum absolute atomic E-state index is 0.0756. The Morgan fingerprint density at radius 2 is 1.83 bits per heavy atom. The number of aromatic nitrogens is 1. The maximum Gasteiger partial charge on any atom is 0.344 e. The standard InChI is InChI=1S/C28H28N2O4S/c1-6-34-28(32)25-26(31)24(35-27(25)29-21-11-13-22(33-5)14-12-21)16-20-15-18(3)30(19(20)4)23-10-8-7-9-17(23)2/h7-16,31H,6H2,1-5H3/b24-16-,29-27?. The van der Waals surface area contributed by atoms with Crippen LogP contribution in [0.25, 0.3) is 11.8 Å². The van der Waals surface area contributed by atoms with E-state index in [2.05, 4.69) is 41.6 Å². The predicted octanol–water partition coefficient (Wildman–Crippen LogP) is 6.60. The van der Waals surface area contributed by atoms with Crippen molar-refractivity contribution in [2.45, 2.75) is 27.7 Å². The molecule has 0 atom stereocenters. The van der Waals surface area contributed by atoms with Crippen LogP contribution in [-0.4, -0.2) is 34.4 Å². The SMILES string of the molecule is CCOC(=O)C1=C(O)/C(=C/c2cc(C)n(-c3ccccc3C)c2C)SC1=Nc1ccc(OC)cc1. The molecule has 0 saturated heterocycles. The zero-order valence-electron chi connectivity index (χ0n) is 20.5. The van der Waals surface area contributed by atoms with Crippen LogP contribution in [0.5, 0.6) is 5.75 Å². The number of carbonyl (C=O) groups excluding carboxylic acids is 1. The van der Waals surface area contributed by atoms with Crippen LogP contribution in [0.4, 0.5) is 5.69 Å². The van der Waals surface area contributed by atoms with Gasteiger partial charge in [-0.1, -0.05) is 30.0 Å². The van der Waals surface area contributed by atoms with Crippen LogP contribution in [0.1, 0.15) is 29.4 Å². The quantitative estimate of drug-likeness (QED) is 0.396. The molecule has 3 aromatic rings. The fraction of sp³-hybridized carbons (Fsp3) is 0.214. The third-order valence-corrected chi connectivity index (χ3v) is 6.81. The van der Waals surface area contributed by atoms with Gasteiger partial charge in [0.2, 0.25) is 0 Å². The number of hydrogen-bond acceptors (Lipinski definition) is 6. The molecular formula is C28H28N2O4S. The Morgan fingerprint density at radius 1 is 1.11 bits per heavy atom. The first-order valence-electron chi connectivity index (χ1n) is 11.3. The number of rotatable bonds is 6. The van der Waals surface area contributed by atoms with Gasteiger partial charge in [0.05, 0.1) is 24.3 Å². The van der Waals surface area contributed by atoms with Crippen molar-refractivity contribution in [2.24, 2.45) is 4.99 Å². The molecule has 1 aromatic heterocycles. The maximum absolute atomic E-state index is 12.7. The number of carbonyl (C=O) groups is 1.